The Bertz CT molecular complexity index is 656. The number of carbonyl (C=O) groups excluding carboxylic acids is 2. The summed E-state index contributed by atoms with van der Waals surface area (Å²) in [6.07, 6.45) is 2.33. The van der Waals surface area contributed by atoms with E-state index in [0.717, 1.165) is 24.0 Å². The lowest BCUT2D eigenvalue weighted by molar-refractivity contribution is -0.136. The van der Waals surface area contributed by atoms with Crippen LogP contribution in [0.5, 0.6) is 0 Å². The van der Waals surface area contributed by atoms with Crippen LogP contribution in [0.2, 0.25) is 0 Å². The minimum Gasteiger partial charge on any atom is -0.349 e. The molecular weight excluding hydrogens is 336 g/mol. The number of benzene rings is 2. The van der Waals surface area contributed by atoms with Crippen molar-refractivity contribution in [2.75, 3.05) is 0 Å². The fraction of sp³-hybridized carbons (Fsp3) is 0.391. The van der Waals surface area contributed by atoms with Crippen LogP contribution in [-0.2, 0) is 9.59 Å². The molecule has 144 valence electrons. The van der Waals surface area contributed by atoms with Crippen LogP contribution >= 0.6 is 0 Å². The molecule has 0 aliphatic rings. The standard InChI is InChI=1S/C23H30N2O2/c1-4-5-16-21(22(26)24-17(2)19-12-8-6-9-13-19)23(27)25-18(3)20-14-10-7-11-15-20/h6-15,17-18,21H,4-5,16H2,1-3H3,(H,24,26)(H,25,27). The van der Waals surface area contributed by atoms with Crippen molar-refractivity contribution in [3.63, 3.8) is 0 Å². The number of hydrogen-bond donors (Lipinski definition) is 2. The summed E-state index contributed by atoms with van der Waals surface area (Å²) in [4.78, 5) is 25.6. The number of rotatable bonds is 9. The highest BCUT2D eigenvalue weighted by atomic mass is 16.2. The van der Waals surface area contributed by atoms with E-state index in [9.17, 15) is 9.59 Å². The van der Waals surface area contributed by atoms with Crippen molar-refractivity contribution in [2.45, 2.75) is 52.1 Å². The molecule has 0 fully saturated rings. The predicted molar refractivity (Wildman–Crippen MR) is 109 cm³/mol. The van der Waals surface area contributed by atoms with Gasteiger partial charge in [-0.05, 0) is 31.4 Å². The van der Waals surface area contributed by atoms with E-state index >= 15 is 0 Å². The zero-order chi connectivity index (χ0) is 19.6. The molecule has 2 unspecified atom stereocenters. The second-order valence-electron chi connectivity index (χ2n) is 6.98. The van der Waals surface area contributed by atoms with E-state index in [1.165, 1.54) is 0 Å². The van der Waals surface area contributed by atoms with Crippen LogP contribution in [0.4, 0.5) is 0 Å². The number of unbranched alkanes of at least 4 members (excludes halogenated alkanes) is 1. The first kappa shape index (κ1) is 20.7. The number of nitrogens with one attached hydrogen (secondary N) is 2. The van der Waals surface area contributed by atoms with E-state index in [4.69, 9.17) is 0 Å². The third-order valence-electron chi connectivity index (χ3n) is 4.80. The molecule has 0 radical (unpaired) electrons. The van der Waals surface area contributed by atoms with Crippen molar-refractivity contribution >= 4 is 11.8 Å². The number of amides is 2. The summed E-state index contributed by atoms with van der Waals surface area (Å²) in [6.45, 7) is 5.94. The highest BCUT2D eigenvalue weighted by Gasteiger charge is 2.28. The zero-order valence-corrected chi connectivity index (χ0v) is 16.4. The van der Waals surface area contributed by atoms with Gasteiger partial charge in [0, 0.05) is 0 Å². The first-order valence-electron chi connectivity index (χ1n) is 9.73. The smallest absolute Gasteiger partial charge is 0.233 e. The van der Waals surface area contributed by atoms with Crippen LogP contribution in [0.1, 0.15) is 63.2 Å². The molecule has 4 heteroatoms. The van der Waals surface area contributed by atoms with E-state index < -0.39 is 5.92 Å². The Balaban J connectivity index is 2.04. The van der Waals surface area contributed by atoms with Crippen LogP contribution in [0.15, 0.2) is 60.7 Å². The van der Waals surface area contributed by atoms with Gasteiger partial charge in [-0.25, -0.2) is 0 Å². The van der Waals surface area contributed by atoms with Gasteiger partial charge in [-0.2, -0.15) is 0 Å². The molecule has 0 aromatic heterocycles. The molecule has 0 aliphatic carbocycles. The van der Waals surface area contributed by atoms with Gasteiger partial charge >= 0.3 is 0 Å². The lowest BCUT2D eigenvalue weighted by Gasteiger charge is -2.22. The summed E-state index contributed by atoms with van der Waals surface area (Å²) in [5.74, 6) is -1.10. The molecule has 0 heterocycles. The average Bonchev–Trinajstić information content (AvgIpc) is 2.69. The Morgan fingerprint density at radius 3 is 1.56 bits per heavy atom. The second kappa shape index (κ2) is 10.5. The third kappa shape index (κ3) is 6.24. The van der Waals surface area contributed by atoms with Crippen molar-refractivity contribution in [3.8, 4) is 0 Å². The fourth-order valence-corrected chi connectivity index (χ4v) is 3.07. The fourth-order valence-electron chi connectivity index (χ4n) is 3.07. The maximum atomic E-state index is 12.8. The van der Waals surface area contributed by atoms with Gasteiger partial charge in [0.2, 0.25) is 11.8 Å². The molecule has 4 nitrogen and oxygen atoms in total. The molecular formula is C23H30N2O2. The molecule has 2 atom stereocenters. The van der Waals surface area contributed by atoms with Gasteiger partial charge in [-0.1, -0.05) is 80.4 Å². The molecule has 0 spiro atoms. The highest BCUT2D eigenvalue weighted by Crippen LogP contribution is 2.17. The van der Waals surface area contributed by atoms with Crippen LogP contribution in [-0.4, -0.2) is 11.8 Å². The maximum Gasteiger partial charge on any atom is 0.233 e. The van der Waals surface area contributed by atoms with E-state index in [1.807, 2.05) is 74.5 Å². The van der Waals surface area contributed by atoms with Gasteiger partial charge in [0.1, 0.15) is 5.92 Å². The number of hydrogen-bond acceptors (Lipinski definition) is 2. The zero-order valence-electron chi connectivity index (χ0n) is 16.4. The van der Waals surface area contributed by atoms with Gasteiger partial charge in [-0.3, -0.25) is 9.59 Å². The molecule has 0 aliphatic heterocycles. The number of carbonyl (C=O) groups is 2. The molecule has 2 aromatic carbocycles. The minimum absolute atomic E-state index is 0.137. The van der Waals surface area contributed by atoms with E-state index in [1.54, 1.807) is 0 Å². The van der Waals surface area contributed by atoms with Gasteiger partial charge in [-0.15, -0.1) is 0 Å². The van der Waals surface area contributed by atoms with Gasteiger partial charge in [0.15, 0.2) is 0 Å². The SMILES string of the molecule is CCCCC(C(=O)NC(C)c1ccccc1)C(=O)NC(C)c1ccccc1. The topological polar surface area (TPSA) is 58.2 Å². The Morgan fingerprint density at radius 1 is 0.778 bits per heavy atom. The average molecular weight is 367 g/mol. The summed E-state index contributed by atoms with van der Waals surface area (Å²) < 4.78 is 0. The molecule has 0 saturated heterocycles. The Morgan fingerprint density at radius 2 is 1.19 bits per heavy atom. The Kier molecular flexibility index (Phi) is 8.05. The van der Waals surface area contributed by atoms with E-state index in [0.29, 0.717) is 6.42 Å². The van der Waals surface area contributed by atoms with E-state index in [2.05, 4.69) is 17.6 Å². The molecule has 0 saturated carbocycles. The van der Waals surface area contributed by atoms with Crippen LogP contribution in [0, 0.1) is 5.92 Å². The molecule has 2 N–H and O–H groups in total. The first-order chi connectivity index (χ1) is 13.0. The molecule has 0 bridgehead atoms. The lowest BCUT2D eigenvalue weighted by Crippen LogP contribution is -2.42. The molecule has 2 rings (SSSR count). The van der Waals surface area contributed by atoms with Crippen molar-refractivity contribution < 1.29 is 9.59 Å². The normalized spacial score (nSPS) is 14.0. The van der Waals surface area contributed by atoms with Crippen LogP contribution < -0.4 is 10.6 Å². The molecule has 2 aromatic rings. The van der Waals surface area contributed by atoms with Crippen molar-refractivity contribution in [2.24, 2.45) is 5.92 Å². The largest absolute Gasteiger partial charge is 0.349 e. The lowest BCUT2D eigenvalue weighted by atomic mass is 9.98. The van der Waals surface area contributed by atoms with Crippen LogP contribution in [0.25, 0.3) is 0 Å². The predicted octanol–water partition coefficient (Wildman–Crippen LogP) is 4.55. The third-order valence-corrected chi connectivity index (χ3v) is 4.80. The van der Waals surface area contributed by atoms with Crippen molar-refractivity contribution in [3.05, 3.63) is 71.8 Å². The highest BCUT2D eigenvalue weighted by molar-refractivity contribution is 6.00. The van der Waals surface area contributed by atoms with Gasteiger partial charge < -0.3 is 10.6 Å². The van der Waals surface area contributed by atoms with Gasteiger partial charge in [0.25, 0.3) is 0 Å². The Labute approximate surface area is 162 Å². The van der Waals surface area contributed by atoms with E-state index in [-0.39, 0.29) is 23.9 Å². The van der Waals surface area contributed by atoms with Gasteiger partial charge in [0.05, 0.1) is 12.1 Å². The summed E-state index contributed by atoms with van der Waals surface area (Å²) >= 11 is 0. The molecule has 2 amide bonds. The summed E-state index contributed by atoms with van der Waals surface area (Å²) in [5, 5.41) is 6.00. The summed E-state index contributed by atoms with van der Waals surface area (Å²) in [5.41, 5.74) is 2.05. The summed E-state index contributed by atoms with van der Waals surface area (Å²) in [6, 6.07) is 19.3. The van der Waals surface area contributed by atoms with Crippen LogP contribution in [0.3, 0.4) is 0 Å². The monoisotopic (exact) mass is 366 g/mol. The maximum absolute atomic E-state index is 12.8. The van der Waals surface area contributed by atoms with Crippen molar-refractivity contribution in [1.29, 1.82) is 0 Å². The minimum atomic E-state index is -0.678. The molecule has 27 heavy (non-hydrogen) atoms. The second-order valence-corrected chi connectivity index (χ2v) is 6.98. The Hall–Kier alpha value is -2.62. The quantitative estimate of drug-likeness (QED) is 0.640. The first-order valence-corrected chi connectivity index (χ1v) is 9.73. The van der Waals surface area contributed by atoms with Crippen molar-refractivity contribution in [1.82, 2.24) is 10.6 Å². The summed E-state index contributed by atoms with van der Waals surface area (Å²) in [7, 11) is 0.